The van der Waals surface area contributed by atoms with Crippen molar-refractivity contribution in [3.05, 3.63) is 60.6 Å². The average Bonchev–Trinajstić information content (AvgIpc) is 2.64. The van der Waals surface area contributed by atoms with Crippen molar-refractivity contribution in [3.63, 3.8) is 0 Å². The number of benzene rings is 1. The number of carbonyl (C=O) groups is 1. The predicted octanol–water partition coefficient (Wildman–Crippen LogP) is 2.89. The molecule has 2 heterocycles. The molecule has 1 fully saturated rings. The number of aromatic nitrogens is 3. The van der Waals surface area contributed by atoms with Gasteiger partial charge in [-0.2, -0.15) is 0 Å². The summed E-state index contributed by atoms with van der Waals surface area (Å²) >= 11 is 0. The number of nitrogens with two attached hydrogens (primary N) is 1. The summed E-state index contributed by atoms with van der Waals surface area (Å²) in [5, 5.41) is 12.2. The zero-order chi connectivity index (χ0) is 18.9. The fraction of sp³-hybridized carbons (Fsp3) is 0.200. The van der Waals surface area contributed by atoms with E-state index in [0.717, 1.165) is 36.0 Å². The molecule has 4 N–H and O–H groups in total. The highest BCUT2D eigenvalue weighted by molar-refractivity contribution is 5.99. The first-order valence-corrected chi connectivity index (χ1v) is 8.72. The van der Waals surface area contributed by atoms with E-state index >= 15 is 0 Å². The number of carbonyl (C=O) groups excluding carboxylic acids is 1. The fourth-order valence-corrected chi connectivity index (χ4v) is 3.36. The van der Waals surface area contributed by atoms with Crippen LogP contribution in [0, 0.1) is 0 Å². The first kappa shape index (κ1) is 17.0. The third kappa shape index (κ3) is 3.19. The molecule has 1 saturated carbocycles. The van der Waals surface area contributed by atoms with Gasteiger partial charge >= 0.3 is 0 Å². The first-order chi connectivity index (χ1) is 13.1. The van der Waals surface area contributed by atoms with Gasteiger partial charge in [0.15, 0.2) is 0 Å². The molecular formula is C20H19N5O2. The number of rotatable bonds is 4. The molecule has 1 aliphatic rings. The van der Waals surface area contributed by atoms with Gasteiger partial charge in [-0.05, 0) is 30.0 Å². The molecule has 1 aromatic carbocycles. The minimum absolute atomic E-state index is 0.0511. The molecule has 0 atom stereocenters. The molecule has 1 aliphatic carbocycles. The van der Waals surface area contributed by atoms with Crippen LogP contribution in [0.2, 0.25) is 0 Å². The van der Waals surface area contributed by atoms with Gasteiger partial charge in [0.05, 0.1) is 17.3 Å². The van der Waals surface area contributed by atoms with E-state index in [0.29, 0.717) is 5.69 Å². The van der Waals surface area contributed by atoms with Gasteiger partial charge < -0.3 is 16.2 Å². The summed E-state index contributed by atoms with van der Waals surface area (Å²) in [6.07, 6.45) is 7.42. The third-order valence-corrected chi connectivity index (χ3v) is 5.09. The van der Waals surface area contributed by atoms with E-state index < -0.39 is 5.41 Å². The standard InChI is InChI=1S/C20H19N5O2/c21-19-23-10-14(11-24-19)13-2-4-15(5-3-13)20(8-1-9-20)18(27)25-16-6-7-17(26)22-12-16/h2-7,10-12H,1,8-9H2,(H,22,26)(H,25,27)(H2,21,23,24). The Morgan fingerprint density at radius 2 is 1.67 bits per heavy atom. The summed E-state index contributed by atoms with van der Waals surface area (Å²) in [6.45, 7) is 0. The van der Waals surface area contributed by atoms with Gasteiger partial charge in [-0.15, -0.1) is 0 Å². The number of nitrogens with one attached hydrogen (secondary N) is 1. The van der Waals surface area contributed by atoms with Crippen LogP contribution in [0.5, 0.6) is 5.88 Å². The van der Waals surface area contributed by atoms with Crippen LogP contribution in [0.15, 0.2) is 55.0 Å². The summed E-state index contributed by atoms with van der Waals surface area (Å²) in [5.74, 6) is 0.114. The van der Waals surface area contributed by atoms with Crippen LogP contribution in [0.25, 0.3) is 11.1 Å². The topological polar surface area (TPSA) is 114 Å². The number of nitrogen functional groups attached to an aromatic ring is 1. The Bertz CT molecular complexity index is 949. The second-order valence-electron chi connectivity index (χ2n) is 6.70. The molecule has 0 spiro atoms. The Labute approximate surface area is 156 Å². The molecule has 0 aliphatic heterocycles. The molecule has 1 amide bonds. The molecule has 2 aromatic heterocycles. The Morgan fingerprint density at radius 1 is 0.963 bits per heavy atom. The minimum atomic E-state index is -0.534. The van der Waals surface area contributed by atoms with Crippen LogP contribution in [-0.4, -0.2) is 26.0 Å². The van der Waals surface area contributed by atoms with E-state index in [9.17, 15) is 9.90 Å². The number of hydrogen-bond acceptors (Lipinski definition) is 6. The molecule has 136 valence electrons. The maximum Gasteiger partial charge on any atom is 0.235 e. The predicted molar refractivity (Wildman–Crippen MR) is 102 cm³/mol. The normalized spacial score (nSPS) is 15.0. The van der Waals surface area contributed by atoms with Gasteiger partial charge in [0.25, 0.3) is 0 Å². The first-order valence-electron chi connectivity index (χ1n) is 8.72. The summed E-state index contributed by atoms with van der Waals surface area (Å²) in [6, 6.07) is 11.0. The molecule has 0 saturated heterocycles. The van der Waals surface area contributed by atoms with Gasteiger partial charge in [-0.3, -0.25) is 4.79 Å². The van der Waals surface area contributed by atoms with Crippen LogP contribution >= 0.6 is 0 Å². The van der Waals surface area contributed by atoms with E-state index in [1.165, 1.54) is 12.3 Å². The largest absolute Gasteiger partial charge is 0.493 e. The fourth-order valence-electron chi connectivity index (χ4n) is 3.36. The summed E-state index contributed by atoms with van der Waals surface area (Å²) in [5.41, 5.74) is 8.39. The second kappa shape index (κ2) is 6.68. The van der Waals surface area contributed by atoms with Crippen molar-refractivity contribution in [2.24, 2.45) is 0 Å². The van der Waals surface area contributed by atoms with E-state index in [2.05, 4.69) is 20.3 Å². The number of pyridine rings is 1. The van der Waals surface area contributed by atoms with Crippen molar-refractivity contribution in [1.82, 2.24) is 15.0 Å². The van der Waals surface area contributed by atoms with Crippen molar-refractivity contribution in [2.75, 3.05) is 11.1 Å². The number of hydrogen-bond donors (Lipinski definition) is 3. The van der Waals surface area contributed by atoms with Crippen molar-refractivity contribution in [1.29, 1.82) is 0 Å². The maximum absolute atomic E-state index is 13.0. The molecule has 0 radical (unpaired) electrons. The highest BCUT2D eigenvalue weighted by Gasteiger charge is 2.45. The third-order valence-electron chi connectivity index (χ3n) is 5.09. The van der Waals surface area contributed by atoms with Crippen LogP contribution in [0.4, 0.5) is 11.6 Å². The molecule has 0 bridgehead atoms. The van der Waals surface area contributed by atoms with E-state index in [-0.39, 0.29) is 17.7 Å². The lowest BCUT2D eigenvalue weighted by molar-refractivity contribution is -0.124. The molecule has 3 aromatic rings. The molecule has 27 heavy (non-hydrogen) atoms. The molecule has 7 heteroatoms. The summed E-state index contributed by atoms with van der Waals surface area (Å²) < 4.78 is 0. The molecule has 7 nitrogen and oxygen atoms in total. The lowest BCUT2D eigenvalue weighted by Gasteiger charge is -2.40. The highest BCUT2D eigenvalue weighted by atomic mass is 16.3. The van der Waals surface area contributed by atoms with E-state index in [4.69, 9.17) is 5.73 Å². The number of aromatic hydroxyl groups is 1. The lowest BCUT2D eigenvalue weighted by Crippen LogP contribution is -2.46. The summed E-state index contributed by atoms with van der Waals surface area (Å²) in [7, 11) is 0. The Balaban J connectivity index is 1.57. The number of nitrogens with zero attached hydrogens (tertiary/aromatic N) is 3. The van der Waals surface area contributed by atoms with Crippen molar-refractivity contribution >= 4 is 17.5 Å². The second-order valence-corrected chi connectivity index (χ2v) is 6.70. The van der Waals surface area contributed by atoms with Gasteiger partial charge in [-0.25, -0.2) is 15.0 Å². The van der Waals surface area contributed by atoms with Crippen LogP contribution in [0.1, 0.15) is 24.8 Å². The maximum atomic E-state index is 13.0. The van der Waals surface area contributed by atoms with Crippen molar-refractivity contribution < 1.29 is 9.90 Å². The zero-order valence-electron chi connectivity index (χ0n) is 14.6. The zero-order valence-corrected chi connectivity index (χ0v) is 14.6. The van der Waals surface area contributed by atoms with Gasteiger partial charge in [0, 0.05) is 24.0 Å². The Kier molecular flexibility index (Phi) is 4.19. The van der Waals surface area contributed by atoms with Crippen LogP contribution < -0.4 is 11.1 Å². The molecule has 4 rings (SSSR count). The lowest BCUT2D eigenvalue weighted by atomic mass is 9.63. The number of amides is 1. The van der Waals surface area contributed by atoms with Crippen LogP contribution in [-0.2, 0) is 10.2 Å². The minimum Gasteiger partial charge on any atom is -0.493 e. The van der Waals surface area contributed by atoms with Gasteiger partial charge in [0.1, 0.15) is 0 Å². The van der Waals surface area contributed by atoms with E-state index in [1.807, 2.05) is 24.3 Å². The van der Waals surface area contributed by atoms with Crippen molar-refractivity contribution in [3.8, 4) is 17.0 Å². The number of anilines is 2. The Hall–Kier alpha value is -3.48. The highest BCUT2D eigenvalue weighted by Crippen LogP contribution is 2.45. The van der Waals surface area contributed by atoms with E-state index in [1.54, 1.807) is 18.5 Å². The van der Waals surface area contributed by atoms with Crippen molar-refractivity contribution in [2.45, 2.75) is 24.7 Å². The Morgan fingerprint density at radius 3 is 2.22 bits per heavy atom. The van der Waals surface area contributed by atoms with Crippen LogP contribution in [0.3, 0.4) is 0 Å². The molecule has 0 unspecified atom stereocenters. The molecular weight excluding hydrogens is 342 g/mol. The monoisotopic (exact) mass is 361 g/mol. The van der Waals surface area contributed by atoms with Gasteiger partial charge in [-0.1, -0.05) is 30.7 Å². The smallest absolute Gasteiger partial charge is 0.235 e. The average molecular weight is 361 g/mol. The quantitative estimate of drug-likeness (QED) is 0.658. The van der Waals surface area contributed by atoms with Gasteiger partial charge in [0.2, 0.25) is 17.7 Å². The summed E-state index contributed by atoms with van der Waals surface area (Å²) in [4.78, 5) is 24.8. The SMILES string of the molecule is Nc1ncc(-c2ccc(C3(C(=O)Nc4ccc(O)nc4)CCC3)cc2)cn1.